The Morgan fingerprint density at radius 2 is 1.55 bits per heavy atom. The molecule has 5 atom stereocenters. The van der Waals surface area contributed by atoms with Crippen molar-refractivity contribution in [2.75, 3.05) is 6.61 Å². The number of rotatable bonds is 2. The number of cyclic esters (lactones) is 1. The summed E-state index contributed by atoms with van der Waals surface area (Å²) in [7, 11) is 0. The fraction of sp³-hybridized carbons (Fsp3) is 0.923. The molecule has 0 aromatic rings. The highest BCUT2D eigenvalue weighted by Crippen LogP contribution is 2.41. The zero-order chi connectivity index (χ0) is 14.7. The summed E-state index contributed by atoms with van der Waals surface area (Å²) in [6.45, 7) is 6.77. The number of carbonyl (C=O) groups is 1. The van der Waals surface area contributed by atoms with Gasteiger partial charge in [-0.05, 0) is 27.7 Å². The van der Waals surface area contributed by atoms with E-state index in [1.54, 1.807) is 27.7 Å². The van der Waals surface area contributed by atoms with Gasteiger partial charge in [-0.1, -0.05) is 0 Å². The molecule has 0 amide bonds. The second kappa shape index (κ2) is 4.38. The first kappa shape index (κ1) is 14.2. The van der Waals surface area contributed by atoms with E-state index >= 15 is 0 Å². The van der Waals surface area contributed by atoms with Crippen molar-refractivity contribution < 1.29 is 33.6 Å². The molecule has 0 aliphatic carbocycles. The highest BCUT2D eigenvalue weighted by atomic mass is 16.8. The predicted octanol–water partition coefficient (Wildman–Crippen LogP) is -0.0557. The number of aliphatic hydroxyl groups is 1. The second-order valence-electron chi connectivity index (χ2n) is 6.24. The summed E-state index contributed by atoms with van der Waals surface area (Å²) >= 11 is 0. The van der Waals surface area contributed by atoms with E-state index in [4.69, 9.17) is 23.7 Å². The van der Waals surface area contributed by atoms with Crippen molar-refractivity contribution in [3.05, 3.63) is 0 Å². The number of aliphatic hydroxyl groups excluding tert-OH is 1. The molecule has 7 heteroatoms. The number of hydrogen-bond donors (Lipinski definition) is 1. The van der Waals surface area contributed by atoms with E-state index < -0.39 is 48.1 Å². The molecule has 3 aliphatic heterocycles. The Labute approximate surface area is 117 Å². The van der Waals surface area contributed by atoms with Crippen LogP contribution in [0.3, 0.4) is 0 Å². The molecule has 3 fully saturated rings. The lowest BCUT2D eigenvalue weighted by atomic mass is 10.0. The summed E-state index contributed by atoms with van der Waals surface area (Å²) in [5, 5.41) is 9.42. The molecule has 3 saturated heterocycles. The van der Waals surface area contributed by atoms with Gasteiger partial charge in [0.2, 0.25) is 0 Å². The van der Waals surface area contributed by atoms with E-state index in [1.165, 1.54) is 0 Å². The van der Waals surface area contributed by atoms with Crippen LogP contribution < -0.4 is 0 Å². The normalized spacial score (nSPS) is 45.5. The van der Waals surface area contributed by atoms with E-state index in [9.17, 15) is 9.90 Å². The van der Waals surface area contributed by atoms with Crippen LogP contribution >= 0.6 is 0 Å². The Balaban J connectivity index is 1.82. The fourth-order valence-electron chi connectivity index (χ4n) is 3.02. The largest absolute Gasteiger partial charge is 0.455 e. The summed E-state index contributed by atoms with van der Waals surface area (Å²) in [6.07, 6.45) is -3.08. The molecular formula is C13H20O7. The number of esters is 1. The van der Waals surface area contributed by atoms with Gasteiger partial charge in [-0.2, -0.15) is 0 Å². The number of carbonyl (C=O) groups excluding carboxylic acids is 1. The Morgan fingerprint density at radius 3 is 2.20 bits per heavy atom. The minimum absolute atomic E-state index is 0.218. The van der Waals surface area contributed by atoms with Gasteiger partial charge in [0.1, 0.15) is 18.3 Å². The van der Waals surface area contributed by atoms with Gasteiger partial charge in [0.05, 0.1) is 6.61 Å². The number of ether oxygens (including phenoxy) is 5. The molecule has 3 heterocycles. The zero-order valence-corrected chi connectivity index (χ0v) is 12.0. The molecule has 7 nitrogen and oxygen atoms in total. The summed E-state index contributed by atoms with van der Waals surface area (Å²) < 4.78 is 28.0. The average molecular weight is 288 g/mol. The van der Waals surface area contributed by atoms with Crippen LogP contribution in [-0.2, 0) is 28.5 Å². The Hall–Kier alpha value is -0.730. The van der Waals surface area contributed by atoms with Crippen LogP contribution in [0.25, 0.3) is 0 Å². The van der Waals surface area contributed by atoms with Crippen LogP contribution in [-0.4, -0.2) is 59.8 Å². The molecule has 20 heavy (non-hydrogen) atoms. The molecule has 114 valence electrons. The van der Waals surface area contributed by atoms with Crippen LogP contribution in [0.4, 0.5) is 0 Å². The smallest absolute Gasteiger partial charge is 0.338 e. The van der Waals surface area contributed by atoms with Crippen LogP contribution in [0, 0.1) is 0 Å². The second-order valence-corrected chi connectivity index (χ2v) is 6.24. The Kier molecular flexibility index (Phi) is 3.11. The molecule has 0 spiro atoms. The highest BCUT2D eigenvalue weighted by molar-refractivity contribution is 5.78. The van der Waals surface area contributed by atoms with Crippen molar-refractivity contribution in [2.24, 2.45) is 0 Å². The lowest BCUT2D eigenvalue weighted by Crippen LogP contribution is -2.45. The van der Waals surface area contributed by atoms with E-state index in [0.717, 1.165) is 0 Å². The molecule has 0 aromatic heterocycles. The van der Waals surface area contributed by atoms with E-state index in [1.807, 2.05) is 0 Å². The third-order valence-corrected chi connectivity index (χ3v) is 3.66. The molecule has 0 unspecified atom stereocenters. The van der Waals surface area contributed by atoms with Crippen molar-refractivity contribution in [2.45, 2.75) is 69.8 Å². The maximum Gasteiger partial charge on any atom is 0.338 e. The van der Waals surface area contributed by atoms with Crippen LogP contribution in [0.5, 0.6) is 0 Å². The third-order valence-electron chi connectivity index (χ3n) is 3.66. The number of fused-ring (bicyclic) bond motifs is 1. The topological polar surface area (TPSA) is 83.5 Å². The first-order valence-electron chi connectivity index (χ1n) is 6.75. The predicted molar refractivity (Wildman–Crippen MR) is 64.6 cm³/mol. The standard InChI is InChI=1S/C13H20O7/c1-12(2)17-6(5-14)7(18-12)8-9-10(11(15)16-8)20-13(3,4)19-9/h6-10,14H,5H2,1-4H3/t6-,7-,8+,9+,10+/m1/s1. The van der Waals surface area contributed by atoms with Crippen LogP contribution in [0.1, 0.15) is 27.7 Å². The van der Waals surface area contributed by atoms with E-state index in [2.05, 4.69) is 0 Å². The molecule has 3 aliphatic rings. The van der Waals surface area contributed by atoms with Gasteiger partial charge < -0.3 is 28.8 Å². The van der Waals surface area contributed by atoms with Gasteiger partial charge >= 0.3 is 5.97 Å². The molecule has 3 rings (SSSR count). The van der Waals surface area contributed by atoms with Gasteiger partial charge in [-0.25, -0.2) is 4.79 Å². The molecule has 0 aromatic carbocycles. The highest BCUT2D eigenvalue weighted by Gasteiger charge is 2.61. The van der Waals surface area contributed by atoms with Gasteiger partial charge in [-0.3, -0.25) is 0 Å². The maximum atomic E-state index is 11.9. The minimum Gasteiger partial charge on any atom is -0.455 e. The molecule has 0 bridgehead atoms. The first-order chi connectivity index (χ1) is 9.22. The fourth-order valence-corrected chi connectivity index (χ4v) is 3.02. The Morgan fingerprint density at radius 1 is 0.950 bits per heavy atom. The summed E-state index contributed by atoms with van der Waals surface area (Å²) in [6, 6.07) is 0. The quantitative estimate of drug-likeness (QED) is 0.713. The zero-order valence-electron chi connectivity index (χ0n) is 12.0. The molecule has 0 saturated carbocycles. The van der Waals surface area contributed by atoms with Crippen molar-refractivity contribution >= 4 is 5.97 Å². The van der Waals surface area contributed by atoms with Crippen LogP contribution in [0.15, 0.2) is 0 Å². The summed E-state index contributed by atoms with van der Waals surface area (Å²) in [5.74, 6) is -2.13. The molecular weight excluding hydrogens is 268 g/mol. The molecule has 0 radical (unpaired) electrons. The lowest BCUT2D eigenvalue weighted by molar-refractivity contribution is -0.201. The van der Waals surface area contributed by atoms with E-state index in [-0.39, 0.29) is 6.61 Å². The van der Waals surface area contributed by atoms with Gasteiger partial charge in [0, 0.05) is 0 Å². The average Bonchev–Trinajstić information content (AvgIpc) is 2.90. The third kappa shape index (κ3) is 2.23. The lowest BCUT2D eigenvalue weighted by Gasteiger charge is -2.26. The molecule has 1 N–H and O–H groups in total. The van der Waals surface area contributed by atoms with Gasteiger partial charge in [0.25, 0.3) is 0 Å². The Bertz CT molecular complexity index is 419. The van der Waals surface area contributed by atoms with Crippen LogP contribution in [0.2, 0.25) is 0 Å². The maximum absolute atomic E-state index is 11.9. The van der Waals surface area contributed by atoms with Crippen molar-refractivity contribution in [3.8, 4) is 0 Å². The minimum atomic E-state index is -0.837. The van der Waals surface area contributed by atoms with Crippen molar-refractivity contribution in [3.63, 3.8) is 0 Å². The van der Waals surface area contributed by atoms with E-state index in [0.29, 0.717) is 0 Å². The summed E-state index contributed by atoms with van der Waals surface area (Å²) in [5.41, 5.74) is 0. The van der Waals surface area contributed by atoms with Crippen molar-refractivity contribution in [1.82, 2.24) is 0 Å². The van der Waals surface area contributed by atoms with Gasteiger partial charge in [0.15, 0.2) is 23.8 Å². The monoisotopic (exact) mass is 288 g/mol. The SMILES string of the molecule is CC1(C)O[C@H]2[C@H]([C@@H]3OC(C)(C)O[C@@H]3CO)OC(=O)[C@H]2O1. The first-order valence-corrected chi connectivity index (χ1v) is 6.75. The van der Waals surface area contributed by atoms with Crippen molar-refractivity contribution in [1.29, 1.82) is 0 Å². The summed E-state index contributed by atoms with van der Waals surface area (Å²) in [4.78, 5) is 11.9. The van der Waals surface area contributed by atoms with Gasteiger partial charge in [-0.15, -0.1) is 0 Å². The number of hydrogen-bond acceptors (Lipinski definition) is 7.